The van der Waals surface area contributed by atoms with Crippen molar-refractivity contribution in [2.24, 2.45) is 0 Å². The summed E-state index contributed by atoms with van der Waals surface area (Å²) in [5.74, 6) is 0.941. The Balaban J connectivity index is 1.80. The van der Waals surface area contributed by atoms with Crippen LogP contribution in [0.3, 0.4) is 0 Å². The Morgan fingerprint density at radius 1 is 1.36 bits per heavy atom. The maximum absolute atomic E-state index is 14.8. The van der Waals surface area contributed by atoms with Gasteiger partial charge in [0.05, 0.1) is 29.6 Å². The largest absolute Gasteiger partial charge is 0.396 e. The monoisotopic (exact) mass is 397 g/mol. The zero-order valence-electron chi connectivity index (χ0n) is 14.8. The van der Waals surface area contributed by atoms with Crippen LogP contribution in [0.4, 0.5) is 16.0 Å². The van der Waals surface area contributed by atoms with E-state index in [1.54, 1.807) is 12.3 Å². The van der Waals surface area contributed by atoms with Gasteiger partial charge < -0.3 is 16.0 Å². The number of H-pyrrole nitrogens is 1. The molecule has 1 fully saturated rings. The van der Waals surface area contributed by atoms with Crippen LogP contribution >= 0.6 is 11.6 Å². The van der Waals surface area contributed by atoms with Gasteiger partial charge in [-0.15, -0.1) is 0 Å². The molecule has 9 heteroatoms. The lowest BCUT2D eigenvalue weighted by atomic mass is 10.1. The molecule has 7 nitrogen and oxygen atoms in total. The minimum absolute atomic E-state index is 0.0361. The van der Waals surface area contributed by atoms with Crippen LogP contribution < -0.4 is 11.1 Å². The minimum Gasteiger partial charge on any atom is -0.396 e. The lowest BCUT2D eigenvalue weighted by Gasteiger charge is -2.08. The molecule has 0 spiro atoms. The van der Waals surface area contributed by atoms with E-state index in [2.05, 4.69) is 31.3 Å². The van der Waals surface area contributed by atoms with Crippen molar-refractivity contribution in [2.45, 2.75) is 25.2 Å². The highest BCUT2D eigenvalue weighted by molar-refractivity contribution is 6.31. The van der Waals surface area contributed by atoms with Gasteiger partial charge in [-0.1, -0.05) is 11.6 Å². The average Bonchev–Trinajstić information content (AvgIpc) is 3.44. The van der Waals surface area contributed by atoms with Crippen LogP contribution in [-0.2, 0) is 0 Å². The summed E-state index contributed by atoms with van der Waals surface area (Å²) in [5, 5.41) is 12.0. The molecule has 1 aliphatic rings. The fraction of sp³-hybridized carbons (Fsp3) is 0.263. The van der Waals surface area contributed by atoms with E-state index < -0.39 is 5.82 Å². The van der Waals surface area contributed by atoms with E-state index in [0.29, 0.717) is 46.9 Å². The van der Waals surface area contributed by atoms with Gasteiger partial charge in [0.15, 0.2) is 5.82 Å². The Kier molecular flexibility index (Phi) is 4.84. The molecule has 4 rings (SSSR count). The number of aromatic amines is 1. The summed E-state index contributed by atoms with van der Waals surface area (Å²) in [5.41, 5.74) is 7.49. The Labute approximate surface area is 165 Å². The molecule has 0 unspecified atom stereocenters. The standard InChI is InChI=1S/C19H17ClFN7/c20-11-8-12(15(21)13(23)9-11)16-17(28-18(27-16)10-2-3-10)14-4-7-25-19(26-14)24-6-1-5-22/h4,7-10H,1-3,6,23H2,(H,27,28)(H,24,25,26). The average molecular weight is 398 g/mol. The van der Waals surface area contributed by atoms with Crippen LogP contribution in [0.1, 0.15) is 31.0 Å². The first-order chi connectivity index (χ1) is 13.6. The molecule has 1 aromatic carbocycles. The molecule has 1 saturated carbocycles. The van der Waals surface area contributed by atoms with Gasteiger partial charge in [0, 0.05) is 29.2 Å². The fourth-order valence-corrected chi connectivity index (χ4v) is 3.14. The summed E-state index contributed by atoms with van der Waals surface area (Å²) in [6.45, 7) is 0.433. The molecule has 4 N–H and O–H groups in total. The molecule has 28 heavy (non-hydrogen) atoms. The van der Waals surface area contributed by atoms with Crippen molar-refractivity contribution in [3.05, 3.63) is 41.1 Å². The lowest BCUT2D eigenvalue weighted by Crippen LogP contribution is -2.05. The fourth-order valence-electron chi connectivity index (χ4n) is 2.92. The number of halogens is 2. The highest BCUT2D eigenvalue weighted by Crippen LogP contribution is 2.42. The Bertz CT molecular complexity index is 1070. The number of hydrogen-bond donors (Lipinski definition) is 3. The molecule has 3 aromatic rings. The predicted molar refractivity (Wildman–Crippen MR) is 105 cm³/mol. The highest BCUT2D eigenvalue weighted by atomic mass is 35.5. The van der Waals surface area contributed by atoms with Gasteiger partial charge in [-0.25, -0.2) is 19.3 Å². The normalized spacial score (nSPS) is 13.3. The first-order valence-electron chi connectivity index (χ1n) is 8.86. The molecule has 0 bridgehead atoms. The Morgan fingerprint density at radius 2 is 2.18 bits per heavy atom. The molecule has 0 aliphatic heterocycles. The van der Waals surface area contributed by atoms with Crippen molar-refractivity contribution in [1.82, 2.24) is 19.9 Å². The van der Waals surface area contributed by atoms with Crippen molar-refractivity contribution in [2.75, 3.05) is 17.6 Å². The predicted octanol–water partition coefficient (Wildman–Crippen LogP) is 4.11. The third kappa shape index (κ3) is 3.62. The van der Waals surface area contributed by atoms with Crippen LogP contribution in [0, 0.1) is 17.1 Å². The first-order valence-corrected chi connectivity index (χ1v) is 9.23. The topological polar surface area (TPSA) is 116 Å². The quantitative estimate of drug-likeness (QED) is 0.425. The number of anilines is 2. The van der Waals surface area contributed by atoms with E-state index in [1.807, 2.05) is 0 Å². The number of nitriles is 1. The number of hydrogen-bond acceptors (Lipinski definition) is 6. The van der Waals surface area contributed by atoms with Crippen molar-refractivity contribution >= 4 is 23.2 Å². The first kappa shape index (κ1) is 18.2. The molecule has 0 radical (unpaired) electrons. The molecule has 2 heterocycles. The molecular weight excluding hydrogens is 381 g/mol. The van der Waals surface area contributed by atoms with E-state index in [-0.39, 0.29) is 11.3 Å². The molecule has 2 aromatic heterocycles. The van der Waals surface area contributed by atoms with Gasteiger partial charge in [-0.3, -0.25) is 0 Å². The SMILES string of the molecule is N#CCCNc1nccc(-c2[nH]c(C3CC3)nc2-c2cc(Cl)cc(N)c2F)n1. The summed E-state index contributed by atoms with van der Waals surface area (Å²) in [4.78, 5) is 16.6. The van der Waals surface area contributed by atoms with E-state index in [1.165, 1.54) is 12.1 Å². The summed E-state index contributed by atoms with van der Waals surface area (Å²) in [6.07, 6.45) is 4.01. The lowest BCUT2D eigenvalue weighted by molar-refractivity contribution is 0.635. The second-order valence-corrected chi connectivity index (χ2v) is 7.01. The van der Waals surface area contributed by atoms with Crippen molar-refractivity contribution < 1.29 is 4.39 Å². The van der Waals surface area contributed by atoms with Crippen LogP contribution in [0.2, 0.25) is 5.02 Å². The number of nitrogens with one attached hydrogen (secondary N) is 2. The molecular formula is C19H17ClFN7. The van der Waals surface area contributed by atoms with Gasteiger partial charge in [-0.2, -0.15) is 5.26 Å². The number of nitrogens with zero attached hydrogens (tertiary/aromatic N) is 4. The summed E-state index contributed by atoms with van der Waals surface area (Å²) in [6, 6.07) is 6.65. The van der Waals surface area contributed by atoms with Gasteiger partial charge in [0.2, 0.25) is 5.95 Å². The van der Waals surface area contributed by atoms with Gasteiger partial charge >= 0.3 is 0 Å². The second kappa shape index (κ2) is 7.44. The summed E-state index contributed by atoms with van der Waals surface area (Å²) in [7, 11) is 0. The van der Waals surface area contributed by atoms with Crippen molar-refractivity contribution in [3.8, 4) is 28.7 Å². The zero-order chi connectivity index (χ0) is 19.7. The number of nitrogens with two attached hydrogens (primary N) is 1. The van der Waals surface area contributed by atoms with Gasteiger partial charge in [-0.05, 0) is 31.0 Å². The van der Waals surface area contributed by atoms with Crippen LogP contribution in [-0.4, -0.2) is 26.5 Å². The number of rotatable bonds is 6. The Morgan fingerprint density at radius 3 is 2.93 bits per heavy atom. The van der Waals surface area contributed by atoms with E-state index in [0.717, 1.165) is 18.7 Å². The highest BCUT2D eigenvalue weighted by Gasteiger charge is 2.30. The van der Waals surface area contributed by atoms with E-state index in [4.69, 9.17) is 22.6 Å². The number of benzene rings is 1. The molecule has 142 valence electrons. The maximum Gasteiger partial charge on any atom is 0.223 e. The third-order valence-corrected chi connectivity index (χ3v) is 4.66. The minimum atomic E-state index is -0.569. The third-order valence-electron chi connectivity index (χ3n) is 4.44. The number of imidazole rings is 1. The summed E-state index contributed by atoms with van der Waals surface area (Å²) < 4.78 is 14.8. The van der Waals surface area contributed by atoms with Crippen LogP contribution in [0.25, 0.3) is 22.6 Å². The van der Waals surface area contributed by atoms with Gasteiger partial charge in [0.1, 0.15) is 11.5 Å². The maximum atomic E-state index is 14.8. The number of aromatic nitrogens is 4. The molecule has 0 atom stereocenters. The summed E-state index contributed by atoms with van der Waals surface area (Å²) >= 11 is 6.10. The molecule has 1 aliphatic carbocycles. The Hall–Kier alpha value is -3.18. The second-order valence-electron chi connectivity index (χ2n) is 6.58. The van der Waals surface area contributed by atoms with E-state index in [9.17, 15) is 4.39 Å². The molecule has 0 amide bonds. The van der Waals surface area contributed by atoms with Crippen molar-refractivity contribution in [3.63, 3.8) is 0 Å². The van der Waals surface area contributed by atoms with E-state index >= 15 is 0 Å². The van der Waals surface area contributed by atoms with Crippen LogP contribution in [0.15, 0.2) is 24.4 Å². The smallest absolute Gasteiger partial charge is 0.223 e. The van der Waals surface area contributed by atoms with Crippen molar-refractivity contribution in [1.29, 1.82) is 5.26 Å². The number of nitrogen functional groups attached to an aromatic ring is 1. The van der Waals surface area contributed by atoms with Crippen LogP contribution in [0.5, 0.6) is 0 Å². The zero-order valence-corrected chi connectivity index (χ0v) is 15.6. The molecule has 0 saturated heterocycles. The van der Waals surface area contributed by atoms with Gasteiger partial charge in [0.25, 0.3) is 0 Å².